The standard InChI is InChI=1S/C27H39FN8O4/c1-17(2)22-15-31-36-23(22)32-26(39-20-5-4-9-29-14-20)33-25(36)30-13-19-6-10-34(11-7-19)27(38)40-21-8-12-35(16-21)24(37)18(3)28/h15,17,19-21,29H,3-14,16H2,1-2H3,(H,30,32,33)/t20-,21?/m1/s1. The molecule has 40 heavy (non-hydrogen) atoms. The van der Waals surface area contributed by atoms with E-state index >= 15 is 0 Å². The summed E-state index contributed by atoms with van der Waals surface area (Å²) < 4.78 is 26.6. The Morgan fingerprint density at radius 1 is 1.15 bits per heavy atom. The number of carbonyl (C=O) groups is 2. The molecule has 3 aliphatic heterocycles. The second kappa shape index (κ2) is 12.4. The zero-order valence-corrected chi connectivity index (χ0v) is 23.3. The average Bonchev–Trinajstić information content (AvgIpc) is 3.59. The van der Waals surface area contributed by atoms with E-state index in [1.165, 1.54) is 4.90 Å². The van der Waals surface area contributed by atoms with Gasteiger partial charge in [0, 0.05) is 44.7 Å². The molecular weight excluding hydrogens is 519 g/mol. The zero-order valence-electron chi connectivity index (χ0n) is 23.3. The van der Waals surface area contributed by atoms with Gasteiger partial charge in [-0.2, -0.15) is 19.6 Å². The van der Waals surface area contributed by atoms with E-state index in [9.17, 15) is 14.0 Å². The van der Waals surface area contributed by atoms with E-state index < -0.39 is 17.8 Å². The molecule has 0 bridgehead atoms. The molecule has 13 heteroatoms. The first-order valence-corrected chi connectivity index (χ1v) is 14.2. The summed E-state index contributed by atoms with van der Waals surface area (Å²) in [6.45, 7) is 11.4. The van der Waals surface area contributed by atoms with Crippen LogP contribution in [0, 0.1) is 5.92 Å². The van der Waals surface area contributed by atoms with Gasteiger partial charge in [0.15, 0.2) is 11.5 Å². The fourth-order valence-electron chi connectivity index (χ4n) is 5.47. The lowest BCUT2D eigenvalue weighted by atomic mass is 9.97. The fourth-order valence-corrected chi connectivity index (χ4v) is 5.47. The molecule has 3 fully saturated rings. The number of hydrogen-bond donors (Lipinski definition) is 2. The molecule has 0 saturated carbocycles. The summed E-state index contributed by atoms with van der Waals surface area (Å²) in [5, 5.41) is 11.4. The van der Waals surface area contributed by atoms with Crippen molar-refractivity contribution < 1.29 is 23.5 Å². The Kier molecular flexibility index (Phi) is 8.67. The number of nitrogens with one attached hydrogen (secondary N) is 2. The first-order chi connectivity index (χ1) is 19.3. The molecule has 2 aromatic rings. The number of carbonyl (C=O) groups excluding carboxylic acids is 2. The molecule has 0 aliphatic carbocycles. The number of hydrogen-bond acceptors (Lipinski definition) is 9. The van der Waals surface area contributed by atoms with E-state index in [1.807, 2.05) is 6.20 Å². The van der Waals surface area contributed by atoms with Gasteiger partial charge >= 0.3 is 12.1 Å². The predicted molar refractivity (Wildman–Crippen MR) is 146 cm³/mol. The second-order valence-electron chi connectivity index (χ2n) is 11.2. The number of fused-ring (bicyclic) bond motifs is 1. The van der Waals surface area contributed by atoms with E-state index in [0.29, 0.717) is 50.5 Å². The number of nitrogens with zero attached hydrogens (tertiary/aromatic N) is 6. The fraction of sp³-hybridized carbons (Fsp3) is 0.667. The van der Waals surface area contributed by atoms with Crippen LogP contribution >= 0.6 is 0 Å². The van der Waals surface area contributed by atoms with Crippen LogP contribution in [-0.2, 0) is 9.53 Å². The molecule has 5 rings (SSSR count). The van der Waals surface area contributed by atoms with E-state index in [4.69, 9.17) is 14.5 Å². The number of anilines is 1. The average molecular weight is 559 g/mol. The van der Waals surface area contributed by atoms with Crippen LogP contribution in [0.2, 0.25) is 0 Å². The SMILES string of the molecule is C=C(F)C(=O)N1CCC(OC(=O)N2CCC(CNc3nc(O[C@@H]4CCCNC4)nc4c(C(C)C)cnn34)CC2)C1. The highest BCUT2D eigenvalue weighted by Crippen LogP contribution is 2.25. The molecule has 1 unspecified atom stereocenters. The van der Waals surface area contributed by atoms with Gasteiger partial charge in [0.2, 0.25) is 5.95 Å². The molecule has 2 amide bonds. The van der Waals surface area contributed by atoms with Gasteiger partial charge in [0.25, 0.3) is 5.91 Å². The maximum atomic E-state index is 13.1. The van der Waals surface area contributed by atoms with Crippen molar-refractivity contribution in [2.75, 3.05) is 51.1 Å². The van der Waals surface area contributed by atoms with Gasteiger partial charge in [-0.3, -0.25) is 4.79 Å². The molecular formula is C27H39FN8O4. The lowest BCUT2D eigenvalue weighted by Gasteiger charge is -2.32. The van der Waals surface area contributed by atoms with Crippen LogP contribution in [0.15, 0.2) is 18.6 Å². The molecule has 0 radical (unpaired) electrons. The Morgan fingerprint density at radius 3 is 2.62 bits per heavy atom. The minimum Gasteiger partial charge on any atom is -0.459 e. The predicted octanol–water partition coefficient (Wildman–Crippen LogP) is 2.72. The van der Waals surface area contributed by atoms with Crippen LogP contribution in [0.4, 0.5) is 15.1 Å². The molecule has 218 valence electrons. The Bertz CT molecular complexity index is 1220. The third-order valence-electron chi connectivity index (χ3n) is 7.87. The van der Waals surface area contributed by atoms with Crippen LogP contribution in [-0.4, -0.2) is 99.4 Å². The molecule has 12 nitrogen and oxygen atoms in total. The van der Waals surface area contributed by atoms with Crippen LogP contribution in [0.1, 0.15) is 57.4 Å². The van der Waals surface area contributed by atoms with Gasteiger partial charge in [0.1, 0.15) is 12.2 Å². The Labute approximate surface area is 233 Å². The Morgan fingerprint density at radius 2 is 1.93 bits per heavy atom. The van der Waals surface area contributed by atoms with Crippen LogP contribution in [0.25, 0.3) is 5.65 Å². The summed E-state index contributed by atoms with van der Waals surface area (Å²) in [5.41, 5.74) is 1.78. The van der Waals surface area contributed by atoms with E-state index in [-0.39, 0.29) is 24.7 Å². The van der Waals surface area contributed by atoms with Gasteiger partial charge in [-0.25, -0.2) is 9.18 Å². The number of aromatic nitrogens is 4. The number of likely N-dealkylation sites (tertiary alicyclic amines) is 2. The smallest absolute Gasteiger partial charge is 0.410 e. The number of ether oxygens (including phenoxy) is 2. The molecule has 0 spiro atoms. The molecule has 0 aromatic carbocycles. The third kappa shape index (κ3) is 6.45. The summed E-state index contributed by atoms with van der Waals surface area (Å²) >= 11 is 0. The summed E-state index contributed by atoms with van der Waals surface area (Å²) in [6.07, 6.45) is 5.18. The molecule has 2 atom stereocenters. The zero-order chi connectivity index (χ0) is 28.2. The minimum atomic E-state index is -0.997. The van der Waals surface area contributed by atoms with E-state index in [0.717, 1.165) is 50.0 Å². The summed E-state index contributed by atoms with van der Waals surface area (Å²) in [7, 11) is 0. The number of halogens is 1. The summed E-state index contributed by atoms with van der Waals surface area (Å²) in [5.74, 6) is -0.564. The Balaban J connectivity index is 1.15. The quantitative estimate of drug-likeness (QED) is 0.470. The highest BCUT2D eigenvalue weighted by molar-refractivity contribution is 5.90. The number of rotatable bonds is 8. The van der Waals surface area contributed by atoms with E-state index in [2.05, 4.69) is 41.1 Å². The van der Waals surface area contributed by atoms with Crippen molar-refractivity contribution in [1.82, 2.24) is 34.7 Å². The van der Waals surface area contributed by atoms with Gasteiger partial charge < -0.3 is 29.9 Å². The highest BCUT2D eigenvalue weighted by atomic mass is 19.1. The molecule has 3 saturated heterocycles. The molecule has 5 heterocycles. The first-order valence-electron chi connectivity index (χ1n) is 14.2. The number of amides is 2. The van der Waals surface area contributed by atoms with Crippen molar-refractivity contribution in [2.24, 2.45) is 5.92 Å². The molecule has 2 aromatic heterocycles. The lowest BCUT2D eigenvalue weighted by Crippen LogP contribution is -2.42. The second-order valence-corrected chi connectivity index (χ2v) is 11.2. The van der Waals surface area contributed by atoms with Crippen molar-refractivity contribution in [2.45, 2.75) is 64.1 Å². The van der Waals surface area contributed by atoms with E-state index in [1.54, 1.807) is 9.42 Å². The Hall–Kier alpha value is -3.48. The van der Waals surface area contributed by atoms with Crippen LogP contribution in [0.5, 0.6) is 6.01 Å². The maximum Gasteiger partial charge on any atom is 0.410 e. The lowest BCUT2D eigenvalue weighted by molar-refractivity contribution is -0.128. The van der Waals surface area contributed by atoms with Crippen molar-refractivity contribution >= 4 is 23.6 Å². The third-order valence-corrected chi connectivity index (χ3v) is 7.87. The minimum absolute atomic E-state index is 0.0366. The summed E-state index contributed by atoms with van der Waals surface area (Å²) in [6, 6.07) is 0.353. The van der Waals surface area contributed by atoms with Gasteiger partial charge in [-0.1, -0.05) is 20.4 Å². The monoisotopic (exact) mass is 558 g/mol. The number of piperidine rings is 2. The molecule has 3 aliphatic rings. The van der Waals surface area contributed by atoms with Crippen LogP contribution in [0.3, 0.4) is 0 Å². The van der Waals surface area contributed by atoms with Crippen molar-refractivity contribution in [3.63, 3.8) is 0 Å². The van der Waals surface area contributed by atoms with Crippen molar-refractivity contribution in [1.29, 1.82) is 0 Å². The topological polar surface area (TPSA) is 126 Å². The van der Waals surface area contributed by atoms with Gasteiger partial charge in [0.05, 0.1) is 12.7 Å². The molecule has 2 N–H and O–H groups in total. The highest BCUT2D eigenvalue weighted by Gasteiger charge is 2.32. The normalized spacial score (nSPS) is 22.1. The van der Waals surface area contributed by atoms with Gasteiger partial charge in [-0.05, 0) is 44.1 Å². The maximum absolute atomic E-state index is 13.1. The van der Waals surface area contributed by atoms with Crippen molar-refractivity contribution in [3.8, 4) is 6.01 Å². The summed E-state index contributed by atoms with van der Waals surface area (Å²) in [4.78, 5) is 36.9. The largest absolute Gasteiger partial charge is 0.459 e. The van der Waals surface area contributed by atoms with Gasteiger partial charge in [-0.15, -0.1) is 0 Å². The van der Waals surface area contributed by atoms with Crippen molar-refractivity contribution in [3.05, 3.63) is 24.2 Å². The first kappa shape index (κ1) is 28.1. The van der Waals surface area contributed by atoms with Crippen LogP contribution < -0.4 is 15.4 Å².